The Morgan fingerprint density at radius 1 is 1.23 bits per heavy atom. The van der Waals surface area contributed by atoms with Gasteiger partial charge in [-0.3, -0.25) is 9.59 Å². The average Bonchev–Trinajstić information content (AvgIpc) is 3.34. The first-order chi connectivity index (χ1) is 10.5. The molecule has 0 aromatic heterocycles. The summed E-state index contributed by atoms with van der Waals surface area (Å²) >= 11 is 5.93. The summed E-state index contributed by atoms with van der Waals surface area (Å²) in [6.07, 6.45) is 3.76. The molecule has 0 radical (unpaired) electrons. The molecular formula is C17H21ClN2O2. The van der Waals surface area contributed by atoms with Crippen LogP contribution in [-0.2, 0) is 9.59 Å². The van der Waals surface area contributed by atoms with Gasteiger partial charge >= 0.3 is 0 Å². The zero-order chi connectivity index (χ0) is 15.7. The van der Waals surface area contributed by atoms with Crippen LogP contribution in [0.1, 0.15) is 31.2 Å². The molecule has 118 valence electrons. The molecule has 1 saturated carbocycles. The van der Waals surface area contributed by atoms with Gasteiger partial charge in [0.05, 0.1) is 5.92 Å². The van der Waals surface area contributed by atoms with E-state index in [1.54, 1.807) is 6.07 Å². The van der Waals surface area contributed by atoms with Crippen LogP contribution in [0.25, 0.3) is 0 Å². The average molecular weight is 321 g/mol. The van der Waals surface area contributed by atoms with Crippen molar-refractivity contribution in [3.05, 3.63) is 28.8 Å². The Kier molecular flexibility index (Phi) is 4.39. The molecule has 0 bridgehead atoms. The SMILES string of the molecule is Cc1cc(Cl)ccc1NC(=O)C1CCCN(C(=O)C2CC2)C1. The third-order valence-electron chi connectivity index (χ3n) is 4.48. The summed E-state index contributed by atoms with van der Waals surface area (Å²) in [4.78, 5) is 26.5. The molecule has 4 nitrogen and oxygen atoms in total. The molecule has 1 aromatic carbocycles. The molecule has 1 N–H and O–H groups in total. The number of carbonyl (C=O) groups excluding carboxylic acids is 2. The number of rotatable bonds is 3. The standard InChI is InChI=1S/C17H21ClN2O2/c1-11-9-14(18)6-7-15(11)19-16(21)13-3-2-8-20(10-13)17(22)12-4-5-12/h6-7,9,12-13H,2-5,8,10H2,1H3,(H,19,21). The molecule has 1 aliphatic heterocycles. The van der Waals surface area contributed by atoms with Crippen LogP contribution in [0.3, 0.4) is 0 Å². The second-order valence-electron chi connectivity index (χ2n) is 6.35. The van der Waals surface area contributed by atoms with Crippen molar-refractivity contribution in [3.63, 3.8) is 0 Å². The Bertz CT molecular complexity index is 598. The number of benzene rings is 1. The molecule has 1 aliphatic carbocycles. The molecule has 0 spiro atoms. The molecule has 3 rings (SSSR count). The van der Waals surface area contributed by atoms with Crippen LogP contribution in [0, 0.1) is 18.8 Å². The summed E-state index contributed by atoms with van der Waals surface area (Å²) < 4.78 is 0. The van der Waals surface area contributed by atoms with Gasteiger partial charge in [-0.05, 0) is 56.4 Å². The van der Waals surface area contributed by atoms with Crippen molar-refractivity contribution in [2.45, 2.75) is 32.6 Å². The maximum atomic E-state index is 12.5. The summed E-state index contributed by atoms with van der Waals surface area (Å²) in [6.45, 7) is 3.26. The van der Waals surface area contributed by atoms with E-state index < -0.39 is 0 Å². The minimum Gasteiger partial charge on any atom is -0.342 e. The molecule has 5 heteroatoms. The third kappa shape index (κ3) is 3.43. The minimum absolute atomic E-state index is 0.00119. The number of hydrogen-bond donors (Lipinski definition) is 1. The van der Waals surface area contributed by atoms with Crippen molar-refractivity contribution >= 4 is 29.1 Å². The second-order valence-corrected chi connectivity index (χ2v) is 6.78. The van der Waals surface area contributed by atoms with Crippen molar-refractivity contribution in [3.8, 4) is 0 Å². The van der Waals surface area contributed by atoms with E-state index in [1.807, 2.05) is 24.0 Å². The maximum absolute atomic E-state index is 12.5. The summed E-state index contributed by atoms with van der Waals surface area (Å²) in [6, 6.07) is 5.43. The number of aryl methyl sites for hydroxylation is 1. The lowest BCUT2D eigenvalue weighted by atomic mass is 9.96. The zero-order valence-corrected chi connectivity index (χ0v) is 13.5. The number of amides is 2. The summed E-state index contributed by atoms with van der Waals surface area (Å²) in [5.41, 5.74) is 1.74. The van der Waals surface area contributed by atoms with E-state index >= 15 is 0 Å². The minimum atomic E-state index is -0.119. The summed E-state index contributed by atoms with van der Waals surface area (Å²) in [7, 11) is 0. The van der Waals surface area contributed by atoms with E-state index in [2.05, 4.69) is 5.32 Å². The number of nitrogens with zero attached hydrogens (tertiary/aromatic N) is 1. The molecule has 2 amide bonds. The molecule has 1 aromatic rings. The van der Waals surface area contributed by atoms with Gasteiger partial charge in [-0.25, -0.2) is 0 Å². The molecule has 22 heavy (non-hydrogen) atoms. The number of likely N-dealkylation sites (tertiary alicyclic amines) is 1. The highest BCUT2D eigenvalue weighted by Gasteiger charge is 2.36. The van der Waals surface area contributed by atoms with Crippen LogP contribution < -0.4 is 5.32 Å². The number of piperidine rings is 1. The first-order valence-corrected chi connectivity index (χ1v) is 8.28. The fraction of sp³-hybridized carbons (Fsp3) is 0.529. The van der Waals surface area contributed by atoms with Gasteiger partial charge in [0.2, 0.25) is 11.8 Å². The Labute approximate surface area is 135 Å². The first kappa shape index (κ1) is 15.3. The molecule has 1 heterocycles. The van der Waals surface area contributed by atoms with Gasteiger partial charge in [-0.2, -0.15) is 0 Å². The number of carbonyl (C=O) groups is 2. The van der Waals surface area contributed by atoms with Crippen LogP contribution in [0.2, 0.25) is 5.02 Å². The molecule has 1 unspecified atom stereocenters. The van der Waals surface area contributed by atoms with Crippen LogP contribution >= 0.6 is 11.6 Å². The summed E-state index contributed by atoms with van der Waals surface area (Å²) in [5, 5.41) is 3.64. The highest BCUT2D eigenvalue weighted by atomic mass is 35.5. The van der Waals surface area contributed by atoms with Crippen molar-refractivity contribution < 1.29 is 9.59 Å². The third-order valence-corrected chi connectivity index (χ3v) is 4.71. The van der Waals surface area contributed by atoms with Crippen molar-refractivity contribution in [2.75, 3.05) is 18.4 Å². The van der Waals surface area contributed by atoms with E-state index in [0.29, 0.717) is 11.6 Å². The van der Waals surface area contributed by atoms with E-state index in [0.717, 1.165) is 43.5 Å². The number of anilines is 1. The first-order valence-electron chi connectivity index (χ1n) is 7.90. The van der Waals surface area contributed by atoms with Crippen molar-refractivity contribution in [1.82, 2.24) is 4.90 Å². The van der Waals surface area contributed by atoms with Crippen molar-refractivity contribution in [2.24, 2.45) is 11.8 Å². The zero-order valence-electron chi connectivity index (χ0n) is 12.8. The fourth-order valence-electron chi connectivity index (χ4n) is 2.98. The van der Waals surface area contributed by atoms with Gasteiger partial charge < -0.3 is 10.2 Å². The Morgan fingerprint density at radius 2 is 2.00 bits per heavy atom. The molecular weight excluding hydrogens is 300 g/mol. The van der Waals surface area contributed by atoms with Gasteiger partial charge in [0.1, 0.15) is 0 Å². The monoisotopic (exact) mass is 320 g/mol. The maximum Gasteiger partial charge on any atom is 0.229 e. The Morgan fingerprint density at radius 3 is 2.68 bits per heavy atom. The normalized spacial score (nSPS) is 21.5. The Balaban J connectivity index is 1.62. The molecule has 1 atom stereocenters. The van der Waals surface area contributed by atoms with Crippen LogP contribution in [-0.4, -0.2) is 29.8 Å². The highest BCUT2D eigenvalue weighted by molar-refractivity contribution is 6.30. The Hall–Kier alpha value is -1.55. The lowest BCUT2D eigenvalue weighted by molar-refractivity contribution is -0.135. The molecule has 1 saturated heterocycles. The summed E-state index contributed by atoms with van der Waals surface area (Å²) in [5.74, 6) is 0.339. The molecule has 2 fully saturated rings. The lowest BCUT2D eigenvalue weighted by Gasteiger charge is -2.32. The number of hydrogen-bond acceptors (Lipinski definition) is 2. The largest absolute Gasteiger partial charge is 0.342 e. The lowest BCUT2D eigenvalue weighted by Crippen LogP contribution is -2.44. The van der Waals surface area contributed by atoms with Gasteiger partial charge in [0.15, 0.2) is 0 Å². The second kappa shape index (κ2) is 6.29. The van der Waals surface area contributed by atoms with Gasteiger partial charge in [-0.15, -0.1) is 0 Å². The highest BCUT2D eigenvalue weighted by Crippen LogP contribution is 2.32. The fourth-order valence-corrected chi connectivity index (χ4v) is 3.21. The smallest absolute Gasteiger partial charge is 0.229 e. The van der Waals surface area contributed by atoms with Gasteiger partial charge in [-0.1, -0.05) is 11.6 Å². The number of halogens is 1. The quantitative estimate of drug-likeness (QED) is 0.929. The molecule has 2 aliphatic rings. The van der Waals surface area contributed by atoms with Gasteiger partial charge in [0.25, 0.3) is 0 Å². The topological polar surface area (TPSA) is 49.4 Å². The van der Waals surface area contributed by atoms with Crippen LogP contribution in [0.15, 0.2) is 18.2 Å². The predicted molar refractivity (Wildman–Crippen MR) is 86.8 cm³/mol. The van der Waals surface area contributed by atoms with E-state index in [9.17, 15) is 9.59 Å². The van der Waals surface area contributed by atoms with Crippen LogP contribution in [0.4, 0.5) is 5.69 Å². The van der Waals surface area contributed by atoms with Gasteiger partial charge in [0, 0.05) is 29.7 Å². The van der Waals surface area contributed by atoms with Crippen molar-refractivity contribution in [1.29, 1.82) is 0 Å². The van der Waals surface area contributed by atoms with E-state index in [1.165, 1.54) is 0 Å². The van der Waals surface area contributed by atoms with Crippen LogP contribution in [0.5, 0.6) is 0 Å². The predicted octanol–water partition coefficient (Wildman–Crippen LogP) is 3.24. The van der Waals surface area contributed by atoms with E-state index in [-0.39, 0.29) is 23.7 Å². The van der Waals surface area contributed by atoms with E-state index in [4.69, 9.17) is 11.6 Å². The number of nitrogens with one attached hydrogen (secondary N) is 1.